The van der Waals surface area contributed by atoms with E-state index in [4.69, 9.17) is 0 Å². The highest BCUT2D eigenvalue weighted by molar-refractivity contribution is 7.89. The molecule has 15 heteroatoms. The zero-order valence-corrected chi connectivity index (χ0v) is 26.9. The van der Waals surface area contributed by atoms with Crippen molar-refractivity contribution in [1.29, 1.82) is 0 Å². The number of benzene rings is 2. The van der Waals surface area contributed by atoms with Crippen LogP contribution in [0.3, 0.4) is 0 Å². The van der Waals surface area contributed by atoms with Crippen molar-refractivity contribution in [1.82, 2.24) is 19.0 Å². The van der Waals surface area contributed by atoms with Crippen molar-refractivity contribution in [2.75, 3.05) is 45.8 Å². The van der Waals surface area contributed by atoms with Crippen molar-refractivity contribution < 1.29 is 39.6 Å². The summed E-state index contributed by atoms with van der Waals surface area (Å²) in [7, 11) is -3.48. The van der Waals surface area contributed by atoms with Gasteiger partial charge >= 0.3 is 12.4 Å². The van der Waals surface area contributed by atoms with E-state index in [1.54, 1.807) is 16.8 Å². The summed E-state index contributed by atoms with van der Waals surface area (Å²) in [5.41, 5.74) is -2.75. The number of nitrogens with zero attached hydrogens (tertiary/aromatic N) is 4. The molecule has 3 aliphatic rings. The van der Waals surface area contributed by atoms with Crippen molar-refractivity contribution in [2.45, 2.75) is 54.6 Å². The third kappa shape index (κ3) is 7.38. The van der Waals surface area contributed by atoms with E-state index in [2.05, 4.69) is 9.80 Å². The number of thiophene rings is 1. The molecule has 6 rings (SSSR count). The summed E-state index contributed by atoms with van der Waals surface area (Å²) < 4.78 is 108. The number of amides is 1. The van der Waals surface area contributed by atoms with Crippen molar-refractivity contribution in [2.24, 2.45) is 0 Å². The van der Waals surface area contributed by atoms with Crippen LogP contribution in [0.1, 0.15) is 39.9 Å². The number of sulfonamides is 1. The monoisotopic (exact) mass is 700 g/mol. The summed E-state index contributed by atoms with van der Waals surface area (Å²) in [6.45, 7) is 4.00. The van der Waals surface area contributed by atoms with Gasteiger partial charge in [-0.3, -0.25) is 14.6 Å². The molecule has 3 aliphatic heterocycles. The molecule has 0 bridgehead atoms. The average molecular weight is 701 g/mol. The Hall–Kier alpha value is -2.98. The first-order valence-electron chi connectivity index (χ1n) is 15.3. The van der Waals surface area contributed by atoms with Gasteiger partial charge < -0.3 is 4.90 Å². The van der Waals surface area contributed by atoms with Crippen LogP contribution in [0, 0.1) is 0 Å². The lowest BCUT2D eigenvalue weighted by molar-refractivity contribution is -0.143. The molecule has 3 fully saturated rings. The minimum atomic E-state index is -5.05. The molecule has 3 aromatic rings. The topological polar surface area (TPSA) is 64.2 Å². The summed E-state index contributed by atoms with van der Waals surface area (Å²) in [6.07, 6.45) is -8.65. The van der Waals surface area contributed by atoms with Crippen molar-refractivity contribution in [3.8, 4) is 0 Å². The molecular weight excluding hydrogens is 666 g/mol. The van der Waals surface area contributed by atoms with Gasteiger partial charge in [0.2, 0.25) is 10.0 Å². The highest BCUT2D eigenvalue weighted by Crippen LogP contribution is 2.37. The highest BCUT2D eigenvalue weighted by Gasteiger charge is 2.43. The molecule has 2 aromatic carbocycles. The van der Waals surface area contributed by atoms with Gasteiger partial charge in [0.15, 0.2) is 0 Å². The first kappa shape index (κ1) is 33.9. The zero-order valence-electron chi connectivity index (χ0n) is 25.3. The number of hydrogen-bond donors (Lipinski definition) is 0. The van der Waals surface area contributed by atoms with Crippen LogP contribution in [-0.4, -0.2) is 97.3 Å². The Kier molecular flexibility index (Phi) is 9.48. The molecule has 4 heterocycles. The molecule has 2 atom stereocenters. The highest BCUT2D eigenvalue weighted by atomic mass is 32.2. The predicted molar refractivity (Wildman–Crippen MR) is 164 cm³/mol. The SMILES string of the molecule is O=C(c1cc(C(F)(F)F)cc(C(F)(F)F)c1)N1CCC(N2CCN(C3CN(S(=O)(=O)c4ccsc4)C3)CC2)CC1Cc1ccccc1. The summed E-state index contributed by atoms with van der Waals surface area (Å²) >= 11 is 1.34. The van der Waals surface area contributed by atoms with Crippen LogP contribution >= 0.6 is 11.3 Å². The fourth-order valence-electron chi connectivity index (χ4n) is 6.81. The number of carbonyl (C=O) groups is 1. The molecule has 1 amide bonds. The van der Waals surface area contributed by atoms with Crippen LogP contribution in [0.15, 0.2) is 70.3 Å². The molecule has 3 saturated heterocycles. The van der Waals surface area contributed by atoms with Gasteiger partial charge in [-0.05, 0) is 54.5 Å². The van der Waals surface area contributed by atoms with Crippen molar-refractivity contribution >= 4 is 27.3 Å². The smallest absolute Gasteiger partial charge is 0.335 e. The van der Waals surface area contributed by atoms with Gasteiger partial charge in [-0.2, -0.15) is 42.0 Å². The first-order valence-corrected chi connectivity index (χ1v) is 17.7. The second-order valence-corrected chi connectivity index (χ2v) is 15.0. The van der Waals surface area contributed by atoms with Crippen molar-refractivity contribution in [3.05, 3.63) is 87.6 Å². The van der Waals surface area contributed by atoms with Crippen LogP contribution in [-0.2, 0) is 28.8 Å². The fourth-order valence-corrected chi connectivity index (χ4v) is 9.34. The standard InChI is InChI=1S/C32H34F6N4O3S2/c33-31(34,35)24-15-23(16-25(17-24)32(36,37)38)30(43)42-8-6-26(18-27(42)14-22-4-2-1-3-5-22)39-9-11-40(12-10-39)28-19-41(20-28)47(44,45)29-7-13-46-21-29/h1-5,7,13,15-17,21,26-28H,6,8-12,14,18-20H2. The molecule has 2 unspecified atom stereocenters. The molecule has 47 heavy (non-hydrogen) atoms. The number of piperazine rings is 1. The van der Waals surface area contributed by atoms with E-state index in [1.807, 2.05) is 30.3 Å². The summed E-state index contributed by atoms with van der Waals surface area (Å²) in [5.74, 6) is -0.849. The average Bonchev–Trinajstić information content (AvgIpc) is 3.56. The Morgan fingerprint density at radius 2 is 1.40 bits per heavy atom. The fraction of sp³-hybridized carbons (Fsp3) is 0.469. The van der Waals surface area contributed by atoms with E-state index < -0.39 is 51.0 Å². The Morgan fingerprint density at radius 1 is 0.809 bits per heavy atom. The Morgan fingerprint density at radius 3 is 1.96 bits per heavy atom. The molecule has 1 aromatic heterocycles. The van der Waals surface area contributed by atoms with Crippen LogP contribution in [0.2, 0.25) is 0 Å². The van der Waals surface area contributed by atoms with Gasteiger partial charge in [-0.1, -0.05) is 30.3 Å². The number of alkyl halides is 6. The minimum Gasteiger partial charge on any atom is -0.335 e. The Balaban J connectivity index is 1.13. The van der Waals surface area contributed by atoms with Gasteiger partial charge in [0.05, 0.1) is 16.0 Å². The van der Waals surface area contributed by atoms with E-state index in [9.17, 15) is 39.6 Å². The predicted octanol–water partition coefficient (Wildman–Crippen LogP) is 5.69. The first-order chi connectivity index (χ1) is 22.2. The summed E-state index contributed by atoms with van der Waals surface area (Å²) in [4.78, 5) is 20.1. The van der Waals surface area contributed by atoms with Crippen LogP contribution in [0.5, 0.6) is 0 Å². The van der Waals surface area contributed by atoms with Gasteiger partial charge in [0.25, 0.3) is 5.91 Å². The third-order valence-corrected chi connectivity index (χ3v) is 12.1. The quantitative estimate of drug-likeness (QED) is 0.297. The van der Waals surface area contributed by atoms with Gasteiger partial charge in [-0.25, -0.2) is 8.42 Å². The Bertz CT molecular complexity index is 1620. The summed E-state index contributed by atoms with van der Waals surface area (Å²) in [6, 6.07) is 11.7. The second-order valence-electron chi connectivity index (χ2n) is 12.3. The largest absolute Gasteiger partial charge is 0.416 e. The van der Waals surface area contributed by atoms with E-state index in [0.29, 0.717) is 49.4 Å². The van der Waals surface area contributed by atoms with E-state index in [0.717, 1.165) is 31.7 Å². The van der Waals surface area contributed by atoms with E-state index in [1.165, 1.54) is 20.5 Å². The number of rotatable bonds is 7. The van der Waals surface area contributed by atoms with Gasteiger partial charge in [0.1, 0.15) is 0 Å². The lowest BCUT2D eigenvalue weighted by Gasteiger charge is -2.50. The zero-order chi connectivity index (χ0) is 33.6. The molecule has 0 saturated carbocycles. The third-order valence-electron chi connectivity index (χ3n) is 9.44. The maximum atomic E-state index is 13.7. The van der Waals surface area contributed by atoms with Crippen LogP contribution in [0.25, 0.3) is 0 Å². The van der Waals surface area contributed by atoms with Crippen LogP contribution < -0.4 is 0 Å². The van der Waals surface area contributed by atoms with Gasteiger partial charge in [0, 0.05) is 74.9 Å². The molecule has 7 nitrogen and oxygen atoms in total. The van der Waals surface area contributed by atoms with Crippen molar-refractivity contribution in [3.63, 3.8) is 0 Å². The molecular formula is C32H34F6N4O3S2. The number of carbonyl (C=O) groups excluding carboxylic acids is 1. The molecule has 0 aliphatic carbocycles. The lowest BCUT2D eigenvalue weighted by Crippen LogP contribution is -2.65. The molecule has 0 radical (unpaired) electrons. The number of halogens is 6. The molecule has 0 N–H and O–H groups in total. The molecule has 0 spiro atoms. The maximum Gasteiger partial charge on any atom is 0.416 e. The Labute approximate surface area is 273 Å². The second kappa shape index (κ2) is 13.1. The van der Waals surface area contributed by atoms with E-state index >= 15 is 0 Å². The number of piperidine rings is 1. The minimum absolute atomic E-state index is 0.0356. The maximum absolute atomic E-state index is 13.7. The summed E-state index contributed by atoms with van der Waals surface area (Å²) in [5, 5.41) is 3.37. The normalized spacial score (nSPS) is 22.7. The van der Waals surface area contributed by atoms with E-state index in [-0.39, 0.29) is 24.7 Å². The lowest BCUT2D eigenvalue weighted by atomic mass is 9.90. The number of likely N-dealkylation sites (tertiary alicyclic amines) is 1. The van der Waals surface area contributed by atoms with Gasteiger partial charge in [-0.15, -0.1) is 0 Å². The number of hydrogen-bond acceptors (Lipinski definition) is 6. The van der Waals surface area contributed by atoms with Crippen LogP contribution in [0.4, 0.5) is 26.3 Å². The molecule has 254 valence electrons.